The number of carbonyl (C=O) groups excluding carboxylic acids is 1. The standard InChI is InChI=1S/C16H19Cl2NO4S2/c1-2-12-9-24-10-14(16(7-8-16)23-15(18)20)19(12)25(21,22)13-5-3-11(17)4-6-13/h3-6,12,14H,2,7-10H2,1H3/t12-,14-/m1/s1. The molecule has 3 rings (SSSR count). The van der Waals surface area contributed by atoms with Crippen LogP contribution < -0.4 is 0 Å². The fourth-order valence-corrected chi connectivity index (χ4v) is 7.18. The molecule has 0 spiro atoms. The number of halogens is 2. The van der Waals surface area contributed by atoms with Crippen molar-refractivity contribution < 1.29 is 17.9 Å². The van der Waals surface area contributed by atoms with E-state index in [1.165, 1.54) is 12.1 Å². The highest BCUT2D eigenvalue weighted by Gasteiger charge is 2.59. The van der Waals surface area contributed by atoms with E-state index >= 15 is 0 Å². The highest BCUT2D eigenvalue weighted by molar-refractivity contribution is 7.99. The minimum Gasteiger partial charge on any atom is -0.445 e. The maximum absolute atomic E-state index is 13.3. The van der Waals surface area contributed by atoms with Crippen molar-refractivity contribution in [1.82, 2.24) is 4.31 Å². The Kier molecular flexibility index (Phi) is 5.61. The van der Waals surface area contributed by atoms with Crippen LogP contribution in [0.3, 0.4) is 0 Å². The van der Waals surface area contributed by atoms with Gasteiger partial charge in [0.05, 0.1) is 10.9 Å². The summed E-state index contributed by atoms with van der Waals surface area (Å²) >= 11 is 13.0. The van der Waals surface area contributed by atoms with Crippen molar-refractivity contribution in [2.24, 2.45) is 0 Å². The molecule has 0 amide bonds. The molecule has 9 heteroatoms. The van der Waals surface area contributed by atoms with Crippen LogP contribution in [0.2, 0.25) is 5.02 Å². The minimum atomic E-state index is -3.74. The third kappa shape index (κ3) is 3.81. The summed E-state index contributed by atoms with van der Waals surface area (Å²) in [6.07, 6.45) is 1.93. The predicted molar refractivity (Wildman–Crippen MR) is 100.0 cm³/mol. The van der Waals surface area contributed by atoms with E-state index in [0.29, 0.717) is 35.8 Å². The highest BCUT2D eigenvalue weighted by atomic mass is 35.5. The number of nitrogens with zero attached hydrogens (tertiary/aromatic N) is 1. The van der Waals surface area contributed by atoms with Gasteiger partial charge >= 0.3 is 5.43 Å². The molecule has 138 valence electrons. The van der Waals surface area contributed by atoms with Crippen LogP contribution in [-0.2, 0) is 14.8 Å². The van der Waals surface area contributed by atoms with Gasteiger partial charge in [0, 0.05) is 34.2 Å². The van der Waals surface area contributed by atoms with Crippen LogP contribution in [0.1, 0.15) is 26.2 Å². The van der Waals surface area contributed by atoms with Gasteiger partial charge in [-0.15, -0.1) is 0 Å². The molecule has 1 heterocycles. The summed E-state index contributed by atoms with van der Waals surface area (Å²) in [5, 5.41) is 0.478. The Bertz CT molecular complexity index is 750. The number of sulfonamides is 1. The molecule has 0 radical (unpaired) electrons. The van der Waals surface area contributed by atoms with E-state index < -0.39 is 27.1 Å². The third-order valence-corrected chi connectivity index (χ3v) is 8.22. The van der Waals surface area contributed by atoms with E-state index in [1.807, 2.05) is 6.92 Å². The van der Waals surface area contributed by atoms with Crippen LogP contribution in [0.15, 0.2) is 29.2 Å². The van der Waals surface area contributed by atoms with Gasteiger partial charge in [-0.3, -0.25) is 0 Å². The van der Waals surface area contributed by atoms with E-state index in [1.54, 1.807) is 28.2 Å². The first-order valence-corrected chi connectivity index (χ1v) is 11.4. The van der Waals surface area contributed by atoms with E-state index in [4.69, 9.17) is 27.9 Å². The lowest BCUT2D eigenvalue weighted by atomic mass is 10.1. The Morgan fingerprint density at radius 2 is 1.96 bits per heavy atom. The molecule has 1 aliphatic carbocycles. The molecule has 25 heavy (non-hydrogen) atoms. The number of rotatable bonds is 5. The summed E-state index contributed by atoms with van der Waals surface area (Å²) in [7, 11) is -3.74. The Morgan fingerprint density at radius 3 is 2.48 bits per heavy atom. The second-order valence-corrected chi connectivity index (χ2v) is 9.97. The smallest absolute Gasteiger partial charge is 0.404 e. The SMILES string of the molecule is CC[C@@H]1CSC[C@H](C2(OC(=O)Cl)CC2)N1S(=O)(=O)c1ccc(Cl)cc1. The monoisotopic (exact) mass is 423 g/mol. The molecule has 2 atom stereocenters. The fraction of sp³-hybridized carbons (Fsp3) is 0.562. The number of benzene rings is 1. The van der Waals surface area contributed by atoms with Gasteiger partial charge in [0.1, 0.15) is 5.60 Å². The number of carbonyl (C=O) groups is 1. The van der Waals surface area contributed by atoms with Crippen LogP contribution in [0.4, 0.5) is 4.79 Å². The maximum atomic E-state index is 13.3. The largest absolute Gasteiger partial charge is 0.445 e. The zero-order valence-electron chi connectivity index (χ0n) is 13.7. The van der Waals surface area contributed by atoms with Crippen molar-refractivity contribution in [3.8, 4) is 0 Å². The first-order chi connectivity index (χ1) is 11.8. The summed E-state index contributed by atoms with van der Waals surface area (Å²) in [6, 6.07) is 5.58. The number of hydrogen-bond acceptors (Lipinski definition) is 5. The summed E-state index contributed by atoms with van der Waals surface area (Å²) in [4.78, 5) is 11.5. The van der Waals surface area contributed by atoms with Crippen LogP contribution in [-0.4, -0.2) is 47.3 Å². The molecular formula is C16H19Cl2NO4S2. The van der Waals surface area contributed by atoms with Gasteiger partial charge in [0.2, 0.25) is 10.0 Å². The Balaban J connectivity index is 2.00. The number of hydrogen-bond donors (Lipinski definition) is 0. The van der Waals surface area contributed by atoms with Crippen molar-refractivity contribution in [2.75, 3.05) is 11.5 Å². The number of ether oxygens (including phenoxy) is 1. The summed E-state index contributed by atoms with van der Waals surface area (Å²) in [5.74, 6) is 1.29. The van der Waals surface area contributed by atoms with Gasteiger partial charge in [-0.2, -0.15) is 16.1 Å². The quantitative estimate of drug-likeness (QED) is 0.665. The topological polar surface area (TPSA) is 63.7 Å². The first kappa shape index (κ1) is 19.3. The fourth-order valence-electron chi connectivity index (χ4n) is 3.28. The number of thioether (sulfide) groups is 1. The van der Waals surface area contributed by atoms with Gasteiger partial charge in [-0.1, -0.05) is 18.5 Å². The van der Waals surface area contributed by atoms with E-state index in [0.717, 1.165) is 0 Å². The molecule has 1 aromatic rings. The van der Waals surface area contributed by atoms with Gasteiger partial charge in [-0.05, 0) is 43.5 Å². The van der Waals surface area contributed by atoms with Crippen molar-refractivity contribution in [3.63, 3.8) is 0 Å². The molecular weight excluding hydrogens is 405 g/mol. The highest BCUT2D eigenvalue weighted by Crippen LogP contribution is 2.49. The van der Waals surface area contributed by atoms with E-state index in [2.05, 4.69) is 0 Å². The van der Waals surface area contributed by atoms with Gasteiger partial charge < -0.3 is 4.74 Å². The van der Waals surface area contributed by atoms with Gasteiger partial charge in [-0.25, -0.2) is 13.2 Å². The predicted octanol–water partition coefficient (Wildman–Crippen LogP) is 4.13. The molecule has 1 aromatic carbocycles. The van der Waals surface area contributed by atoms with Crippen LogP contribution in [0.5, 0.6) is 0 Å². The molecule has 0 N–H and O–H groups in total. The van der Waals surface area contributed by atoms with Crippen LogP contribution >= 0.6 is 35.0 Å². The van der Waals surface area contributed by atoms with Crippen LogP contribution in [0.25, 0.3) is 0 Å². The second-order valence-electron chi connectivity index (χ2n) is 6.31. The van der Waals surface area contributed by atoms with Gasteiger partial charge in [0.15, 0.2) is 0 Å². The van der Waals surface area contributed by atoms with Crippen molar-refractivity contribution in [1.29, 1.82) is 0 Å². The normalized spacial score (nSPS) is 26.2. The lowest BCUT2D eigenvalue weighted by Crippen LogP contribution is -2.58. The van der Waals surface area contributed by atoms with Crippen molar-refractivity contribution in [2.45, 2.75) is 48.8 Å². The lowest BCUT2D eigenvalue weighted by Gasteiger charge is -2.43. The molecule has 1 aliphatic heterocycles. The van der Waals surface area contributed by atoms with Crippen molar-refractivity contribution in [3.05, 3.63) is 29.3 Å². The zero-order valence-corrected chi connectivity index (χ0v) is 16.8. The molecule has 2 fully saturated rings. The first-order valence-electron chi connectivity index (χ1n) is 8.05. The summed E-state index contributed by atoms with van der Waals surface area (Å²) in [6.45, 7) is 1.96. The van der Waals surface area contributed by atoms with Crippen LogP contribution in [0, 0.1) is 0 Å². The molecule has 0 aromatic heterocycles. The zero-order chi connectivity index (χ0) is 18.2. The third-order valence-electron chi connectivity index (χ3n) is 4.75. The van der Waals surface area contributed by atoms with E-state index in [9.17, 15) is 13.2 Å². The maximum Gasteiger partial charge on any atom is 0.404 e. The molecule has 5 nitrogen and oxygen atoms in total. The Hall–Kier alpha value is -0.470. The average Bonchev–Trinajstić information content (AvgIpc) is 3.34. The molecule has 0 bridgehead atoms. The molecule has 1 saturated heterocycles. The Morgan fingerprint density at radius 1 is 1.32 bits per heavy atom. The molecule has 1 saturated carbocycles. The molecule has 2 aliphatic rings. The second kappa shape index (κ2) is 7.27. The summed E-state index contributed by atoms with van der Waals surface area (Å²) in [5.41, 5.74) is -1.69. The Labute approximate surface area is 162 Å². The van der Waals surface area contributed by atoms with Crippen molar-refractivity contribution >= 4 is 50.4 Å². The lowest BCUT2D eigenvalue weighted by molar-refractivity contribution is 0.0472. The molecule has 0 unspecified atom stereocenters. The summed E-state index contributed by atoms with van der Waals surface area (Å²) < 4.78 is 33.6. The average molecular weight is 424 g/mol. The van der Waals surface area contributed by atoms with Gasteiger partial charge in [0.25, 0.3) is 0 Å². The minimum absolute atomic E-state index is 0.157. The van der Waals surface area contributed by atoms with E-state index in [-0.39, 0.29) is 10.9 Å².